The van der Waals surface area contributed by atoms with E-state index in [0.717, 1.165) is 28.3 Å². The lowest BCUT2D eigenvalue weighted by Crippen LogP contribution is -2.02. The van der Waals surface area contributed by atoms with Gasteiger partial charge in [-0.25, -0.2) is 14.6 Å². The highest BCUT2D eigenvalue weighted by atomic mass is 35.5. The average molecular weight is 325 g/mol. The fourth-order valence-electron chi connectivity index (χ4n) is 2.91. The largest absolute Gasteiger partial charge is 0.306 e. The molecule has 0 aliphatic heterocycles. The fourth-order valence-corrected chi connectivity index (χ4v) is 3.07. The average Bonchev–Trinajstić information content (AvgIpc) is 3.22. The zero-order valence-electron chi connectivity index (χ0n) is 12.2. The number of hydrogen-bond acceptors (Lipinski definition) is 4. The van der Waals surface area contributed by atoms with Crippen molar-refractivity contribution in [3.63, 3.8) is 0 Å². The smallest absolute Gasteiger partial charge is 0.137 e. The predicted octanol–water partition coefficient (Wildman–Crippen LogP) is 3.05. The van der Waals surface area contributed by atoms with Crippen LogP contribution < -0.4 is 0 Å². The van der Waals surface area contributed by atoms with Gasteiger partial charge in [-0.05, 0) is 30.4 Å². The molecule has 4 heterocycles. The first-order valence-electron chi connectivity index (χ1n) is 7.58. The van der Waals surface area contributed by atoms with Crippen LogP contribution in [0.25, 0.3) is 16.7 Å². The van der Waals surface area contributed by atoms with Crippen LogP contribution in [0.3, 0.4) is 0 Å². The van der Waals surface area contributed by atoms with Crippen LogP contribution in [0.1, 0.15) is 30.0 Å². The van der Waals surface area contributed by atoms with Crippen molar-refractivity contribution in [2.24, 2.45) is 0 Å². The van der Waals surface area contributed by atoms with Crippen molar-refractivity contribution >= 4 is 28.3 Å². The van der Waals surface area contributed by atoms with E-state index in [0.29, 0.717) is 11.7 Å². The SMILES string of the molecule is Clc1cc2c(cn1)nnn2Cc1cn2cc(C3CC3)ccc2n1. The van der Waals surface area contributed by atoms with Gasteiger partial charge in [-0.1, -0.05) is 22.9 Å². The molecule has 6 nitrogen and oxygen atoms in total. The molecule has 7 heteroatoms. The molecule has 4 aromatic heterocycles. The number of fused-ring (bicyclic) bond motifs is 2. The Hall–Kier alpha value is -2.47. The molecule has 0 radical (unpaired) electrons. The minimum Gasteiger partial charge on any atom is -0.306 e. The van der Waals surface area contributed by atoms with Gasteiger partial charge in [0.05, 0.1) is 24.0 Å². The van der Waals surface area contributed by atoms with Gasteiger partial charge < -0.3 is 4.40 Å². The monoisotopic (exact) mass is 324 g/mol. The van der Waals surface area contributed by atoms with Crippen LogP contribution in [0.4, 0.5) is 0 Å². The topological polar surface area (TPSA) is 60.9 Å². The van der Waals surface area contributed by atoms with Crippen LogP contribution in [0.15, 0.2) is 36.8 Å². The molecule has 1 fully saturated rings. The first-order valence-corrected chi connectivity index (χ1v) is 7.96. The van der Waals surface area contributed by atoms with Gasteiger partial charge in [-0.2, -0.15) is 0 Å². The number of halogens is 1. The molecule has 5 rings (SSSR count). The van der Waals surface area contributed by atoms with E-state index in [4.69, 9.17) is 11.6 Å². The molecule has 0 unspecified atom stereocenters. The second kappa shape index (κ2) is 4.76. The van der Waals surface area contributed by atoms with Gasteiger partial charge >= 0.3 is 0 Å². The summed E-state index contributed by atoms with van der Waals surface area (Å²) >= 11 is 5.97. The summed E-state index contributed by atoms with van der Waals surface area (Å²) in [6.07, 6.45) is 8.47. The first-order chi connectivity index (χ1) is 11.3. The van der Waals surface area contributed by atoms with Crippen molar-refractivity contribution in [2.75, 3.05) is 0 Å². The van der Waals surface area contributed by atoms with Gasteiger partial charge in [0, 0.05) is 18.5 Å². The summed E-state index contributed by atoms with van der Waals surface area (Å²) in [5, 5.41) is 8.72. The molecule has 0 atom stereocenters. The van der Waals surface area contributed by atoms with E-state index in [1.54, 1.807) is 16.9 Å². The van der Waals surface area contributed by atoms with Crippen LogP contribution in [0, 0.1) is 0 Å². The van der Waals surface area contributed by atoms with E-state index in [2.05, 4.69) is 49.2 Å². The van der Waals surface area contributed by atoms with Crippen LogP contribution in [-0.2, 0) is 6.54 Å². The minimum absolute atomic E-state index is 0.435. The maximum absolute atomic E-state index is 5.97. The molecule has 1 aliphatic rings. The molecule has 1 saturated carbocycles. The van der Waals surface area contributed by atoms with E-state index in [1.165, 1.54) is 18.4 Å². The van der Waals surface area contributed by atoms with E-state index in [-0.39, 0.29) is 0 Å². The summed E-state index contributed by atoms with van der Waals surface area (Å²) in [6, 6.07) is 6.04. The molecule has 0 amide bonds. The van der Waals surface area contributed by atoms with Crippen LogP contribution in [0.5, 0.6) is 0 Å². The molecule has 0 spiro atoms. The lowest BCUT2D eigenvalue weighted by atomic mass is 10.2. The fraction of sp³-hybridized carbons (Fsp3) is 0.250. The lowest BCUT2D eigenvalue weighted by Gasteiger charge is -1.99. The zero-order chi connectivity index (χ0) is 15.4. The third kappa shape index (κ3) is 2.26. The number of rotatable bonds is 3. The van der Waals surface area contributed by atoms with Gasteiger partial charge in [-0.3, -0.25) is 0 Å². The van der Waals surface area contributed by atoms with Crippen molar-refractivity contribution in [3.05, 3.63) is 53.2 Å². The highest BCUT2D eigenvalue weighted by Gasteiger charge is 2.23. The number of nitrogens with zero attached hydrogens (tertiary/aromatic N) is 6. The summed E-state index contributed by atoms with van der Waals surface area (Å²) in [7, 11) is 0. The molecule has 0 saturated heterocycles. The van der Waals surface area contributed by atoms with E-state index < -0.39 is 0 Å². The molecule has 23 heavy (non-hydrogen) atoms. The Kier molecular flexibility index (Phi) is 2.69. The lowest BCUT2D eigenvalue weighted by molar-refractivity contribution is 0.660. The quantitative estimate of drug-likeness (QED) is 0.543. The Morgan fingerprint density at radius 2 is 2.13 bits per heavy atom. The van der Waals surface area contributed by atoms with Crippen LogP contribution in [-0.4, -0.2) is 29.4 Å². The normalized spacial score (nSPS) is 14.8. The van der Waals surface area contributed by atoms with Gasteiger partial charge in [0.1, 0.15) is 16.3 Å². The third-order valence-corrected chi connectivity index (χ3v) is 4.46. The highest BCUT2D eigenvalue weighted by Crippen LogP contribution is 2.39. The summed E-state index contributed by atoms with van der Waals surface area (Å²) in [4.78, 5) is 8.69. The zero-order valence-corrected chi connectivity index (χ0v) is 13.0. The Morgan fingerprint density at radius 1 is 1.22 bits per heavy atom. The maximum atomic E-state index is 5.97. The van der Waals surface area contributed by atoms with Crippen molar-refractivity contribution < 1.29 is 0 Å². The van der Waals surface area contributed by atoms with Crippen molar-refractivity contribution in [1.29, 1.82) is 0 Å². The van der Waals surface area contributed by atoms with Gasteiger partial charge in [0.15, 0.2) is 0 Å². The first kappa shape index (κ1) is 13.0. The Morgan fingerprint density at radius 3 is 3.00 bits per heavy atom. The molecule has 114 valence electrons. The molecular formula is C16H13ClN6. The molecule has 0 N–H and O–H groups in total. The Balaban J connectivity index is 1.53. The van der Waals surface area contributed by atoms with E-state index in [9.17, 15) is 0 Å². The number of pyridine rings is 2. The van der Waals surface area contributed by atoms with Crippen molar-refractivity contribution in [1.82, 2.24) is 29.4 Å². The van der Waals surface area contributed by atoms with Gasteiger partial charge in [0.25, 0.3) is 0 Å². The Bertz CT molecular complexity index is 1030. The summed E-state index contributed by atoms with van der Waals surface area (Å²) < 4.78 is 3.89. The summed E-state index contributed by atoms with van der Waals surface area (Å²) in [6.45, 7) is 0.553. The molecule has 4 aromatic rings. The van der Waals surface area contributed by atoms with E-state index in [1.807, 2.05) is 0 Å². The molecular weight excluding hydrogens is 312 g/mol. The summed E-state index contributed by atoms with van der Waals surface area (Å²) in [5.41, 5.74) is 4.88. The number of imidazole rings is 1. The predicted molar refractivity (Wildman–Crippen MR) is 86.6 cm³/mol. The second-order valence-electron chi connectivity index (χ2n) is 5.98. The van der Waals surface area contributed by atoms with Crippen LogP contribution in [0.2, 0.25) is 5.15 Å². The number of hydrogen-bond donors (Lipinski definition) is 0. The summed E-state index contributed by atoms with van der Waals surface area (Å²) in [5.74, 6) is 0.735. The number of aromatic nitrogens is 6. The van der Waals surface area contributed by atoms with Crippen molar-refractivity contribution in [3.8, 4) is 0 Å². The molecule has 0 bridgehead atoms. The van der Waals surface area contributed by atoms with Gasteiger partial charge in [0.2, 0.25) is 0 Å². The Labute approximate surface area is 136 Å². The second-order valence-corrected chi connectivity index (χ2v) is 6.36. The third-order valence-electron chi connectivity index (χ3n) is 4.25. The van der Waals surface area contributed by atoms with Crippen molar-refractivity contribution in [2.45, 2.75) is 25.3 Å². The maximum Gasteiger partial charge on any atom is 0.137 e. The van der Waals surface area contributed by atoms with Crippen LogP contribution >= 0.6 is 11.6 Å². The highest BCUT2D eigenvalue weighted by molar-refractivity contribution is 6.29. The standard InChI is InChI=1S/C16H13ClN6/c17-15-5-14-13(6-18-15)20-21-23(14)9-12-8-22-7-11(10-1-2-10)3-4-16(22)19-12/h3-8,10H,1-2,9H2. The molecule has 1 aliphatic carbocycles. The van der Waals surface area contributed by atoms with Gasteiger partial charge in [-0.15, -0.1) is 5.10 Å². The minimum atomic E-state index is 0.435. The van der Waals surface area contributed by atoms with E-state index >= 15 is 0 Å². The molecule has 0 aromatic carbocycles.